The Kier molecular flexibility index (Phi) is 12.2. The van der Waals surface area contributed by atoms with Crippen LogP contribution < -0.4 is 14.2 Å². The molecule has 0 aliphatic rings. The monoisotopic (exact) mass is 380 g/mol. The Labute approximate surface area is 164 Å². The molecule has 5 heteroatoms. The van der Waals surface area contributed by atoms with Gasteiger partial charge in [0, 0.05) is 0 Å². The first-order chi connectivity index (χ1) is 13.2. The van der Waals surface area contributed by atoms with Gasteiger partial charge in [-0.25, -0.2) is 4.79 Å². The summed E-state index contributed by atoms with van der Waals surface area (Å²) in [5, 5.41) is 0. The van der Waals surface area contributed by atoms with Crippen molar-refractivity contribution in [2.24, 2.45) is 0 Å². The number of esters is 1. The van der Waals surface area contributed by atoms with Crippen molar-refractivity contribution in [2.75, 3.05) is 26.4 Å². The highest BCUT2D eigenvalue weighted by Crippen LogP contribution is 2.39. The fraction of sp³-hybridized carbons (Fsp3) is 0.682. The van der Waals surface area contributed by atoms with E-state index in [0.717, 1.165) is 44.9 Å². The van der Waals surface area contributed by atoms with E-state index in [2.05, 4.69) is 20.8 Å². The van der Waals surface area contributed by atoms with Gasteiger partial charge in [0.05, 0.1) is 32.0 Å². The number of carbonyl (C=O) groups excluding carboxylic acids is 1. The third-order valence-corrected chi connectivity index (χ3v) is 3.95. The lowest BCUT2D eigenvalue weighted by molar-refractivity contribution is 0.0504. The van der Waals surface area contributed by atoms with E-state index in [1.165, 1.54) is 0 Å². The lowest BCUT2D eigenvalue weighted by Crippen LogP contribution is -2.10. The first-order valence-electron chi connectivity index (χ1n) is 10.4. The first-order valence-corrected chi connectivity index (χ1v) is 10.4. The van der Waals surface area contributed by atoms with Crippen LogP contribution >= 0.6 is 0 Å². The molecule has 0 aromatic heterocycles. The molecular weight excluding hydrogens is 344 g/mol. The van der Waals surface area contributed by atoms with Gasteiger partial charge in [-0.3, -0.25) is 0 Å². The summed E-state index contributed by atoms with van der Waals surface area (Å²) in [6.45, 7) is 10.4. The summed E-state index contributed by atoms with van der Waals surface area (Å²) in [5.74, 6) is 1.33. The lowest BCUT2D eigenvalue weighted by Gasteiger charge is -2.18. The number of carbonyl (C=O) groups is 1. The number of unbranched alkanes of at least 4 members (excludes halogenated alkanes) is 3. The minimum Gasteiger partial charge on any atom is -0.490 e. The minimum atomic E-state index is -0.363. The molecule has 1 aromatic carbocycles. The Morgan fingerprint density at radius 3 is 1.63 bits per heavy atom. The van der Waals surface area contributed by atoms with E-state index in [4.69, 9.17) is 18.9 Å². The van der Waals surface area contributed by atoms with E-state index >= 15 is 0 Å². The van der Waals surface area contributed by atoms with E-state index in [1.54, 1.807) is 12.1 Å². The summed E-state index contributed by atoms with van der Waals surface area (Å²) < 4.78 is 23.1. The third-order valence-electron chi connectivity index (χ3n) is 3.95. The maximum absolute atomic E-state index is 12.4. The summed E-state index contributed by atoms with van der Waals surface area (Å²) in [6.07, 6.45) is 6.70. The second-order valence-electron chi connectivity index (χ2n) is 6.54. The van der Waals surface area contributed by atoms with Crippen LogP contribution in [0.2, 0.25) is 0 Å². The van der Waals surface area contributed by atoms with Crippen molar-refractivity contribution in [1.29, 1.82) is 0 Å². The summed E-state index contributed by atoms with van der Waals surface area (Å²) in [4.78, 5) is 12.4. The van der Waals surface area contributed by atoms with Crippen molar-refractivity contribution in [3.8, 4) is 17.2 Å². The molecule has 0 aliphatic heterocycles. The van der Waals surface area contributed by atoms with Crippen LogP contribution in [0, 0.1) is 0 Å². The Bertz CT molecular complexity index is 510. The van der Waals surface area contributed by atoms with Crippen LogP contribution in [0.25, 0.3) is 0 Å². The smallest absolute Gasteiger partial charge is 0.338 e. The van der Waals surface area contributed by atoms with Gasteiger partial charge >= 0.3 is 5.97 Å². The molecule has 0 fully saturated rings. The summed E-state index contributed by atoms with van der Waals surface area (Å²) in [5.41, 5.74) is 0.435. The average molecular weight is 381 g/mol. The van der Waals surface area contributed by atoms with Crippen LogP contribution in [0.1, 0.15) is 83.0 Å². The van der Waals surface area contributed by atoms with E-state index in [0.29, 0.717) is 49.2 Å². The van der Waals surface area contributed by atoms with Crippen LogP contribution in [0.3, 0.4) is 0 Å². The topological polar surface area (TPSA) is 54.0 Å². The van der Waals surface area contributed by atoms with Crippen LogP contribution in [0.15, 0.2) is 12.1 Å². The van der Waals surface area contributed by atoms with Crippen molar-refractivity contribution < 1.29 is 23.7 Å². The molecule has 0 spiro atoms. The van der Waals surface area contributed by atoms with Gasteiger partial charge in [-0.2, -0.15) is 0 Å². The second kappa shape index (κ2) is 14.2. The molecule has 0 saturated carbocycles. The number of hydrogen-bond acceptors (Lipinski definition) is 5. The van der Waals surface area contributed by atoms with E-state index in [-0.39, 0.29) is 5.97 Å². The zero-order valence-electron chi connectivity index (χ0n) is 17.5. The van der Waals surface area contributed by atoms with Gasteiger partial charge < -0.3 is 18.9 Å². The molecule has 1 aromatic rings. The fourth-order valence-corrected chi connectivity index (χ4v) is 2.30. The highest BCUT2D eigenvalue weighted by Gasteiger charge is 2.19. The average Bonchev–Trinajstić information content (AvgIpc) is 2.67. The molecule has 0 unspecified atom stereocenters. The first kappa shape index (κ1) is 23.1. The second-order valence-corrected chi connectivity index (χ2v) is 6.54. The summed E-state index contributed by atoms with van der Waals surface area (Å²) in [7, 11) is 0. The highest BCUT2D eigenvalue weighted by atomic mass is 16.5. The Hall–Kier alpha value is -1.91. The van der Waals surface area contributed by atoms with Gasteiger partial charge in [0.2, 0.25) is 5.75 Å². The molecule has 0 saturated heterocycles. The quantitative estimate of drug-likeness (QED) is 0.285. The molecule has 0 bridgehead atoms. The Morgan fingerprint density at radius 2 is 1.19 bits per heavy atom. The number of hydrogen-bond donors (Lipinski definition) is 0. The van der Waals surface area contributed by atoms with Crippen molar-refractivity contribution in [2.45, 2.75) is 72.6 Å². The Balaban J connectivity index is 3.14. The molecule has 154 valence electrons. The van der Waals surface area contributed by atoms with E-state index < -0.39 is 0 Å². The molecular formula is C22H36O5. The molecule has 0 heterocycles. The lowest BCUT2D eigenvalue weighted by atomic mass is 10.1. The van der Waals surface area contributed by atoms with Crippen LogP contribution in [-0.2, 0) is 4.74 Å². The molecule has 0 aliphatic carbocycles. The van der Waals surface area contributed by atoms with Gasteiger partial charge in [0.25, 0.3) is 0 Å². The standard InChI is InChI=1S/C22H36O5/c1-5-9-13-24-19-16-18(22(23)27-12-8-4)17-20(25-14-10-6-2)21(19)26-15-11-7-3/h16-17H,5-15H2,1-4H3. The third kappa shape index (κ3) is 8.55. The number of rotatable bonds is 15. The largest absolute Gasteiger partial charge is 0.490 e. The van der Waals surface area contributed by atoms with Crippen molar-refractivity contribution in [1.82, 2.24) is 0 Å². The molecule has 0 atom stereocenters. The maximum Gasteiger partial charge on any atom is 0.338 e. The minimum absolute atomic E-state index is 0.363. The van der Waals surface area contributed by atoms with Crippen molar-refractivity contribution in [3.05, 3.63) is 17.7 Å². The number of benzene rings is 1. The Morgan fingerprint density at radius 1 is 0.704 bits per heavy atom. The highest BCUT2D eigenvalue weighted by molar-refractivity contribution is 5.91. The molecule has 5 nitrogen and oxygen atoms in total. The summed E-state index contributed by atoms with van der Waals surface area (Å²) in [6, 6.07) is 3.42. The van der Waals surface area contributed by atoms with Crippen molar-refractivity contribution >= 4 is 5.97 Å². The van der Waals surface area contributed by atoms with Gasteiger partial charge in [-0.15, -0.1) is 0 Å². The van der Waals surface area contributed by atoms with Crippen LogP contribution in [-0.4, -0.2) is 32.4 Å². The van der Waals surface area contributed by atoms with Crippen molar-refractivity contribution in [3.63, 3.8) is 0 Å². The van der Waals surface area contributed by atoms with Gasteiger partial charge in [-0.05, 0) is 37.8 Å². The SMILES string of the molecule is CCCCOc1cc(C(=O)OCCC)cc(OCCCC)c1OCCCC. The predicted molar refractivity (Wildman–Crippen MR) is 108 cm³/mol. The van der Waals surface area contributed by atoms with E-state index in [1.807, 2.05) is 6.92 Å². The predicted octanol–water partition coefficient (Wildman–Crippen LogP) is 5.79. The van der Waals surface area contributed by atoms with Crippen LogP contribution in [0.5, 0.6) is 17.2 Å². The molecule has 0 N–H and O–H groups in total. The van der Waals surface area contributed by atoms with E-state index in [9.17, 15) is 4.79 Å². The fourth-order valence-electron chi connectivity index (χ4n) is 2.30. The molecule has 0 amide bonds. The normalized spacial score (nSPS) is 10.5. The maximum atomic E-state index is 12.4. The number of ether oxygens (including phenoxy) is 4. The zero-order chi connectivity index (χ0) is 19.9. The molecule has 0 radical (unpaired) electrons. The molecule has 1 rings (SSSR count). The van der Waals surface area contributed by atoms with Crippen LogP contribution in [0.4, 0.5) is 0 Å². The zero-order valence-corrected chi connectivity index (χ0v) is 17.5. The van der Waals surface area contributed by atoms with Gasteiger partial charge in [0.1, 0.15) is 0 Å². The summed E-state index contributed by atoms with van der Waals surface area (Å²) >= 11 is 0. The molecule has 27 heavy (non-hydrogen) atoms. The van der Waals surface area contributed by atoms with Gasteiger partial charge in [-0.1, -0.05) is 47.0 Å². The van der Waals surface area contributed by atoms with Gasteiger partial charge in [0.15, 0.2) is 11.5 Å².